The number of thiophene rings is 1. The zero-order valence-corrected chi connectivity index (χ0v) is 14.9. The van der Waals surface area contributed by atoms with E-state index in [2.05, 4.69) is 15.9 Å². The van der Waals surface area contributed by atoms with E-state index in [-0.39, 0.29) is 0 Å². The van der Waals surface area contributed by atoms with Crippen molar-refractivity contribution in [2.45, 2.75) is 18.4 Å². The van der Waals surface area contributed by atoms with Crippen LogP contribution in [-0.4, -0.2) is 19.8 Å². The number of sulfonamides is 1. The van der Waals surface area contributed by atoms with Crippen LogP contribution in [-0.2, 0) is 16.6 Å². The minimum Gasteiger partial charge on any atom is -0.207 e. The van der Waals surface area contributed by atoms with Crippen LogP contribution in [0.15, 0.2) is 39.7 Å². The second kappa shape index (κ2) is 6.15. The van der Waals surface area contributed by atoms with Crippen molar-refractivity contribution in [3.63, 3.8) is 0 Å². The highest BCUT2D eigenvalue weighted by Crippen LogP contribution is 2.26. The van der Waals surface area contributed by atoms with Gasteiger partial charge in [-0.05, 0) is 42.8 Å². The highest BCUT2D eigenvalue weighted by molar-refractivity contribution is 9.10. The van der Waals surface area contributed by atoms with Crippen LogP contribution < -0.4 is 0 Å². The summed E-state index contributed by atoms with van der Waals surface area (Å²) in [5.74, 6) is 0. The number of aryl methyl sites for hydroxylation is 1. The van der Waals surface area contributed by atoms with Gasteiger partial charge in [0.25, 0.3) is 0 Å². The van der Waals surface area contributed by atoms with E-state index < -0.39 is 10.0 Å². The summed E-state index contributed by atoms with van der Waals surface area (Å²) in [7, 11) is -1.92. The Morgan fingerprint density at radius 1 is 1.30 bits per heavy atom. The van der Waals surface area contributed by atoms with Crippen molar-refractivity contribution in [2.24, 2.45) is 0 Å². The Balaban J connectivity index is 2.27. The summed E-state index contributed by atoms with van der Waals surface area (Å²) >= 11 is 10.6. The van der Waals surface area contributed by atoms with E-state index in [0.29, 0.717) is 15.8 Å². The van der Waals surface area contributed by atoms with Crippen molar-refractivity contribution in [3.05, 3.63) is 49.6 Å². The summed E-state index contributed by atoms with van der Waals surface area (Å²) < 4.78 is 27.9. The predicted octanol–water partition coefficient (Wildman–Crippen LogP) is 4.29. The van der Waals surface area contributed by atoms with E-state index >= 15 is 0 Å². The molecule has 0 saturated heterocycles. The molecule has 108 valence electrons. The van der Waals surface area contributed by atoms with Gasteiger partial charge in [-0.15, -0.1) is 11.3 Å². The van der Waals surface area contributed by atoms with Crippen molar-refractivity contribution in [2.75, 3.05) is 7.05 Å². The highest BCUT2D eigenvalue weighted by atomic mass is 79.9. The Morgan fingerprint density at radius 3 is 2.55 bits per heavy atom. The molecule has 0 bridgehead atoms. The quantitative estimate of drug-likeness (QED) is 0.775. The summed E-state index contributed by atoms with van der Waals surface area (Å²) in [6, 6.07) is 8.62. The molecule has 0 unspecified atom stereocenters. The number of benzene rings is 1. The third-order valence-corrected chi connectivity index (χ3v) is 6.75. The zero-order valence-electron chi connectivity index (χ0n) is 10.9. The number of halogens is 2. The Hall–Kier alpha value is -0.400. The van der Waals surface area contributed by atoms with Gasteiger partial charge in [0.15, 0.2) is 0 Å². The Morgan fingerprint density at radius 2 is 2.00 bits per heavy atom. The molecule has 0 aliphatic heterocycles. The smallest absolute Gasteiger partial charge is 0.207 e. The average Bonchev–Trinajstić information content (AvgIpc) is 2.78. The summed E-state index contributed by atoms with van der Waals surface area (Å²) in [5.41, 5.74) is 0.888. The molecule has 2 rings (SSSR count). The van der Waals surface area contributed by atoms with Gasteiger partial charge in [0.1, 0.15) is 0 Å². The van der Waals surface area contributed by atoms with Gasteiger partial charge in [-0.2, -0.15) is 4.31 Å². The second-order valence-corrected chi connectivity index (χ2v) is 9.08. The monoisotopic (exact) mass is 393 g/mol. The third-order valence-electron chi connectivity index (χ3n) is 2.84. The lowest BCUT2D eigenvalue weighted by molar-refractivity contribution is 0.469. The Kier molecular flexibility index (Phi) is 4.92. The predicted molar refractivity (Wildman–Crippen MR) is 86.9 cm³/mol. The standard InChI is InChI=1S/C13H13BrClNO2S2/c1-9-7-11(4-5-12(9)14)20(17,18)16(2)8-10-3-6-13(15)19-10/h3-7H,8H2,1-2H3. The van der Waals surface area contributed by atoms with Crippen molar-refractivity contribution < 1.29 is 8.42 Å². The van der Waals surface area contributed by atoms with Gasteiger partial charge < -0.3 is 0 Å². The first-order chi connectivity index (χ1) is 9.30. The van der Waals surface area contributed by atoms with Gasteiger partial charge in [-0.25, -0.2) is 8.42 Å². The molecule has 7 heteroatoms. The zero-order chi connectivity index (χ0) is 14.9. The Bertz CT molecular complexity index is 728. The van der Waals surface area contributed by atoms with Gasteiger partial charge in [0.2, 0.25) is 10.0 Å². The lowest BCUT2D eigenvalue weighted by atomic mass is 10.2. The van der Waals surface area contributed by atoms with Crippen LogP contribution in [0, 0.1) is 6.92 Å². The molecule has 1 aromatic heterocycles. The van der Waals surface area contributed by atoms with Gasteiger partial charge in [-0.3, -0.25) is 0 Å². The first-order valence-corrected chi connectivity index (χ1v) is 9.20. The van der Waals surface area contributed by atoms with Crippen molar-refractivity contribution in [1.82, 2.24) is 4.31 Å². The number of nitrogens with zero attached hydrogens (tertiary/aromatic N) is 1. The number of hydrogen-bond acceptors (Lipinski definition) is 3. The summed E-state index contributed by atoms with van der Waals surface area (Å²) in [6.45, 7) is 2.18. The molecule has 0 aliphatic rings. The fraction of sp³-hybridized carbons (Fsp3) is 0.231. The molecule has 0 aliphatic carbocycles. The van der Waals surface area contributed by atoms with Crippen molar-refractivity contribution >= 4 is 48.9 Å². The van der Waals surface area contributed by atoms with Crippen LogP contribution in [0.4, 0.5) is 0 Å². The topological polar surface area (TPSA) is 37.4 Å². The van der Waals surface area contributed by atoms with Gasteiger partial charge >= 0.3 is 0 Å². The maximum absolute atomic E-state index is 12.5. The summed E-state index contributed by atoms with van der Waals surface area (Å²) in [4.78, 5) is 1.21. The minimum atomic E-state index is -3.49. The molecule has 0 radical (unpaired) electrons. The van der Waals surface area contributed by atoms with Crippen LogP contribution in [0.25, 0.3) is 0 Å². The molecule has 0 saturated carbocycles. The number of hydrogen-bond donors (Lipinski definition) is 0. The average molecular weight is 395 g/mol. The molecule has 0 atom stereocenters. The van der Waals surface area contributed by atoms with E-state index in [1.807, 2.05) is 13.0 Å². The molecule has 0 fully saturated rings. The van der Waals surface area contributed by atoms with Crippen LogP contribution in [0.3, 0.4) is 0 Å². The first kappa shape index (κ1) is 16.0. The van der Waals surface area contributed by atoms with Gasteiger partial charge in [0.05, 0.1) is 9.23 Å². The van der Waals surface area contributed by atoms with E-state index in [9.17, 15) is 8.42 Å². The summed E-state index contributed by atoms with van der Waals surface area (Å²) in [5, 5.41) is 0. The van der Waals surface area contributed by atoms with E-state index in [1.165, 1.54) is 15.6 Å². The van der Waals surface area contributed by atoms with Gasteiger partial charge in [0, 0.05) is 22.9 Å². The Labute approximate surface area is 136 Å². The molecular formula is C13H13BrClNO2S2. The van der Waals surface area contributed by atoms with Crippen LogP contribution in [0.1, 0.15) is 10.4 Å². The first-order valence-electron chi connectivity index (χ1n) is 5.77. The fourth-order valence-corrected chi connectivity index (χ4v) is 4.40. The maximum atomic E-state index is 12.5. The lowest BCUT2D eigenvalue weighted by Crippen LogP contribution is -2.26. The SMILES string of the molecule is Cc1cc(S(=O)(=O)N(C)Cc2ccc(Cl)s2)ccc1Br. The second-order valence-electron chi connectivity index (χ2n) is 4.38. The molecule has 0 amide bonds. The van der Waals surface area contributed by atoms with Crippen LogP contribution in [0.2, 0.25) is 4.34 Å². The van der Waals surface area contributed by atoms with Crippen molar-refractivity contribution in [1.29, 1.82) is 0 Å². The molecule has 0 N–H and O–H groups in total. The molecule has 0 spiro atoms. The number of rotatable bonds is 4. The lowest BCUT2D eigenvalue weighted by Gasteiger charge is -2.17. The molecule has 1 heterocycles. The van der Waals surface area contributed by atoms with Crippen molar-refractivity contribution in [3.8, 4) is 0 Å². The summed E-state index contributed by atoms with van der Waals surface area (Å²) in [6.07, 6.45) is 0. The van der Waals surface area contributed by atoms with E-state index in [4.69, 9.17) is 11.6 Å². The van der Waals surface area contributed by atoms with Gasteiger partial charge in [-0.1, -0.05) is 27.5 Å². The molecule has 20 heavy (non-hydrogen) atoms. The molecular weight excluding hydrogens is 382 g/mol. The van der Waals surface area contributed by atoms with Crippen LogP contribution in [0.5, 0.6) is 0 Å². The maximum Gasteiger partial charge on any atom is 0.243 e. The normalized spacial score (nSPS) is 12.1. The largest absolute Gasteiger partial charge is 0.243 e. The molecule has 3 nitrogen and oxygen atoms in total. The molecule has 1 aromatic carbocycles. The third kappa shape index (κ3) is 3.43. The van der Waals surface area contributed by atoms with Crippen LogP contribution >= 0.6 is 38.9 Å². The van der Waals surface area contributed by atoms with E-state index in [1.54, 1.807) is 31.3 Å². The fourth-order valence-electron chi connectivity index (χ4n) is 1.70. The minimum absolute atomic E-state index is 0.295. The molecule has 2 aromatic rings. The highest BCUT2D eigenvalue weighted by Gasteiger charge is 2.21. The van der Waals surface area contributed by atoms with E-state index in [0.717, 1.165) is 14.9 Å².